The summed E-state index contributed by atoms with van der Waals surface area (Å²) in [6, 6.07) is 5.70. The molecule has 1 aromatic carbocycles. The zero-order chi connectivity index (χ0) is 21.5. The molecule has 1 N–H and O–H groups in total. The summed E-state index contributed by atoms with van der Waals surface area (Å²) in [4.78, 5) is 27.1. The largest absolute Gasteiger partial charge is 0.509 e. The summed E-state index contributed by atoms with van der Waals surface area (Å²) in [7, 11) is -3.93. The van der Waals surface area contributed by atoms with Gasteiger partial charge in [-0.05, 0) is 24.3 Å². The van der Waals surface area contributed by atoms with Gasteiger partial charge in [0.05, 0.1) is 21.8 Å². The van der Waals surface area contributed by atoms with Gasteiger partial charge < -0.3 is 19.3 Å². The minimum Gasteiger partial charge on any atom is -0.487 e. The first-order valence-corrected chi connectivity index (χ1v) is 11.7. The molecule has 12 heteroatoms. The molecule has 9 nitrogen and oxygen atoms in total. The van der Waals surface area contributed by atoms with Gasteiger partial charge in [-0.1, -0.05) is 11.6 Å². The van der Waals surface area contributed by atoms with Crippen molar-refractivity contribution in [1.29, 1.82) is 0 Å². The van der Waals surface area contributed by atoms with Crippen molar-refractivity contribution in [3.63, 3.8) is 0 Å². The fraction of sp³-hybridized carbons (Fsp3) is 0.389. The molecule has 160 valence electrons. The zero-order valence-electron chi connectivity index (χ0n) is 15.3. The number of aromatic nitrogens is 1. The van der Waals surface area contributed by atoms with Gasteiger partial charge in [-0.3, -0.25) is 4.79 Å². The Labute approximate surface area is 180 Å². The minimum absolute atomic E-state index is 0.0258. The zero-order valence-corrected chi connectivity index (χ0v) is 17.7. The highest BCUT2D eigenvalue weighted by Crippen LogP contribution is 2.46. The van der Waals surface area contributed by atoms with Gasteiger partial charge in [0.1, 0.15) is 24.6 Å². The summed E-state index contributed by atoms with van der Waals surface area (Å²) in [5.74, 6) is -1.45. The smallest absolute Gasteiger partial charge is 0.487 e. The predicted octanol–water partition coefficient (Wildman–Crippen LogP) is 2.92. The molecule has 0 amide bonds. The van der Waals surface area contributed by atoms with E-state index in [0.717, 1.165) is 0 Å². The van der Waals surface area contributed by atoms with Gasteiger partial charge >= 0.3 is 12.1 Å². The average molecular weight is 474 g/mol. The molecule has 2 heterocycles. The van der Waals surface area contributed by atoms with E-state index in [2.05, 4.69) is 4.98 Å². The van der Waals surface area contributed by atoms with E-state index in [1.165, 1.54) is 35.6 Å². The van der Waals surface area contributed by atoms with E-state index in [-0.39, 0.29) is 24.3 Å². The number of hydrogen-bond donors (Lipinski definition) is 1. The van der Waals surface area contributed by atoms with Crippen LogP contribution in [0.3, 0.4) is 0 Å². The third-order valence-electron chi connectivity index (χ3n) is 5.11. The first kappa shape index (κ1) is 20.9. The average Bonchev–Trinajstić information content (AvgIpc) is 3.33. The van der Waals surface area contributed by atoms with Crippen molar-refractivity contribution in [3.8, 4) is 5.75 Å². The molecule has 0 bridgehead atoms. The van der Waals surface area contributed by atoms with Gasteiger partial charge in [0.25, 0.3) is 0 Å². The molecule has 2 aromatic rings. The second kappa shape index (κ2) is 7.71. The summed E-state index contributed by atoms with van der Waals surface area (Å²) in [5, 5.41) is 11.5. The molecule has 0 radical (unpaired) electrons. The molecule has 1 aromatic heterocycles. The number of ether oxygens (including phenoxy) is 3. The SMILES string of the molecule is O=C1OC2CC(CS(=O)(=O)c3ccc(OCc4csc(Cl)n4)cc3)(C(=O)O)CC2O1. The van der Waals surface area contributed by atoms with Gasteiger partial charge in [0.2, 0.25) is 0 Å². The molecule has 2 unspecified atom stereocenters. The third kappa shape index (κ3) is 4.09. The van der Waals surface area contributed by atoms with E-state index in [0.29, 0.717) is 15.9 Å². The van der Waals surface area contributed by atoms with Crippen molar-refractivity contribution in [1.82, 2.24) is 4.98 Å². The van der Waals surface area contributed by atoms with Crippen LogP contribution < -0.4 is 4.74 Å². The Kier molecular flexibility index (Phi) is 5.37. The van der Waals surface area contributed by atoms with E-state index in [9.17, 15) is 23.1 Å². The van der Waals surface area contributed by atoms with Crippen molar-refractivity contribution in [2.75, 3.05) is 5.75 Å². The van der Waals surface area contributed by atoms with E-state index in [1.54, 1.807) is 5.38 Å². The molecule has 1 saturated carbocycles. The van der Waals surface area contributed by atoms with Gasteiger partial charge in [0, 0.05) is 18.2 Å². The van der Waals surface area contributed by atoms with Gasteiger partial charge in [-0.25, -0.2) is 18.2 Å². The van der Waals surface area contributed by atoms with Gasteiger partial charge in [-0.15, -0.1) is 11.3 Å². The highest BCUT2D eigenvalue weighted by Gasteiger charge is 2.58. The topological polar surface area (TPSA) is 129 Å². The number of fused-ring (bicyclic) bond motifs is 1. The van der Waals surface area contributed by atoms with Crippen LogP contribution in [0.15, 0.2) is 34.5 Å². The Hall–Kier alpha value is -2.37. The Morgan fingerprint density at radius 1 is 1.27 bits per heavy atom. The first-order chi connectivity index (χ1) is 14.2. The van der Waals surface area contributed by atoms with Crippen molar-refractivity contribution < 1.29 is 37.3 Å². The Morgan fingerprint density at radius 3 is 2.43 bits per heavy atom. The number of carbonyl (C=O) groups is 2. The van der Waals surface area contributed by atoms with Crippen LogP contribution >= 0.6 is 22.9 Å². The summed E-state index contributed by atoms with van der Waals surface area (Å²) in [5.41, 5.74) is -0.937. The number of halogens is 1. The van der Waals surface area contributed by atoms with Crippen LogP contribution in [0.1, 0.15) is 18.5 Å². The van der Waals surface area contributed by atoms with E-state index < -0.39 is 45.3 Å². The molecular formula is C18H16ClNO8S2. The van der Waals surface area contributed by atoms with E-state index in [1.807, 2.05) is 0 Å². The molecule has 2 fully saturated rings. The molecule has 2 atom stereocenters. The number of sulfone groups is 1. The number of carboxylic acid groups (broad SMARTS) is 1. The second-order valence-corrected chi connectivity index (χ2v) is 10.6. The highest BCUT2D eigenvalue weighted by molar-refractivity contribution is 7.91. The number of thiazole rings is 1. The number of hydrogen-bond acceptors (Lipinski definition) is 9. The Morgan fingerprint density at radius 2 is 1.90 bits per heavy atom. The summed E-state index contributed by atoms with van der Waals surface area (Å²) < 4.78 is 41.6. The molecule has 1 saturated heterocycles. The van der Waals surface area contributed by atoms with Crippen LogP contribution in [0.2, 0.25) is 4.47 Å². The fourth-order valence-electron chi connectivity index (χ4n) is 3.68. The summed E-state index contributed by atoms with van der Waals surface area (Å²) in [6.07, 6.45) is -2.59. The predicted molar refractivity (Wildman–Crippen MR) is 104 cm³/mol. The number of nitrogens with zero attached hydrogens (tertiary/aromatic N) is 1. The minimum atomic E-state index is -3.93. The Balaban J connectivity index is 1.46. The van der Waals surface area contributed by atoms with Crippen LogP contribution in [0.5, 0.6) is 5.75 Å². The molecule has 1 aliphatic carbocycles. The standard InChI is InChI=1S/C18H16ClNO8S2/c19-16-20-10(8-29-16)7-26-11-1-3-12(4-2-11)30(24,25)9-18(15(21)22)5-13-14(6-18)28-17(23)27-13/h1-4,8,13-14H,5-7,9H2,(H,21,22). The highest BCUT2D eigenvalue weighted by atomic mass is 35.5. The number of benzene rings is 1. The lowest BCUT2D eigenvalue weighted by atomic mass is 9.88. The van der Waals surface area contributed by atoms with Crippen LogP contribution in [0.4, 0.5) is 4.79 Å². The van der Waals surface area contributed by atoms with Gasteiger partial charge in [0.15, 0.2) is 14.3 Å². The number of carboxylic acids is 1. The lowest BCUT2D eigenvalue weighted by Crippen LogP contribution is -2.37. The molecule has 30 heavy (non-hydrogen) atoms. The lowest BCUT2D eigenvalue weighted by Gasteiger charge is -2.24. The van der Waals surface area contributed by atoms with Crippen LogP contribution in [-0.2, 0) is 30.7 Å². The third-order valence-corrected chi connectivity index (χ3v) is 8.06. The van der Waals surface area contributed by atoms with E-state index >= 15 is 0 Å². The molecular weight excluding hydrogens is 458 g/mol. The van der Waals surface area contributed by atoms with Crippen molar-refractivity contribution in [2.45, 2.75) is 36.6 Å². The monoisotopic (exact) mass is 473 g/mol. The van der Waals surface area contributed by atoms with Crippen molar-refractivity contribution in [2.24, 2.45) is 5.41 Å². The van der Waals surface area contributed by atoms with Gasteiger partial charge in [-0.2, -0.15) is 0 Å². The number of aliphatic carboxylic acids is 1. The quantitative estimate of drug-likeness (QED) is 0.603. The summed E-state index contributed by atoms with van der Waals surface area (Å²) >= 11 is 7.04. The molecule has 2 aliphatic rings. The van der Waals surface area contributed by atoms with Crippen LogP contribution in [0, 0.1) is 5.41 Å². The number of carbonyl (C=O) groups excluding carboxylic acids is 1. The number of rotatable bonds is 7. The Bertz CT molecular complexity index is 1070. The van der Waals surface area contributed by atoms with Crippen LogP contribution in [-0.4, -0.2) is 48.6 Å². The molecule has 0 spiro atoms. The summed E-state index contributed by atoms with van der Waals surface area (Å²) in [6.45, 7) is 0.180. The maximum absolute atomic E-state index is 12.9. The normalized spacial score (nSPS) is 25.4. The lowest BCUT2D eigenvalue weighted by molar-refractivity contribution is -0.148. The van der Waals surface area contributed by atoms with Crippen LogP contribution in [0.25, 0.3) is 0 Å². The second-order valence-electron chi connectivity index (χ2n) is 7.17. The van der Waals surface area contributed by atoms with Crippen molar-refractivity contribution in [3.05, 3.63) is 39.8 Å². The maximum Gasteiger partial charge on any atom is 0.509 e. The maximum atomic E-state index is 12.9. The van der Waals surface area contributed by atoms with Crippen molar-refractivity contribution >= 4 is 44.9 Å². The van der Waals surface area contributed by atoms with E-state index in [4.69, 9.17) is 25.8 Å². The fourth-order valence-corrected chi connectivity index (χ4v) is 6.25. The first-order valence-electron chi connectivity index (χ1n) is 8.83. The molecule has 1 aliphatic heterocycles. The molecule has 4 rings (SSSR count).